The average molecular weight is 217 g/mol. The van der Waals surface area contributed by atoms with Gasteiger partial charge in [-0.05, 0) is 6.92 Å². The van der Waals surface area contributed by atoms with Crippen LogP contribution in [0.1, 0.15) is 6.92 Å². The van der Waals surface area contributed by atoms with Crippen LogP contribution in [0.2, 0.25) is 0 Å². The van der Waals surface area contributed by atoms with E-state index in [0.29, 0.717) is 19.0 Å². The van der Waals surface area contributed by atoms with Crippen LogP contribution in [0.25, 0.3) is 0 Å². The van der Waals surface area contributed by atoms with E-state index in [-0.39, 0.29) is 0 Å². The van der Waals surface area contributed by atoms with E-state index in [0.717, 1.165) is 5.16 Å². The first kappa shape index (κ1) is 11.5. The first-order valence-electron chi connectivity index (χ1n) is 4.46. The molecule has 6 heteroatoms. The molecule has 1 aromatic rings. The van der Waals surface area contributed by atoms with Gasteiger partial charge in [-0.1, -0.05) is 11.8 Å². The zero-order valence-corrected chi connectivity index (χ0v) is 9.20. The van der Waals surface area contributed by atoms with Gasteiger partial charge in [0.05, 0.1) is 12.7 Å². The lowest BCUT2D eigenvalue weighted by Gasteiger charge is -2.08. The standard InChI is InChI=1S/C8H15N3O2S/c1-3-13-4-7(12)5-14-8-10-9-6-11(8)2/h6-7,12H,3-5H2,1-2H3. The first-order valence-corrected chi connectivity index (χ1v) is 5.45. The molecular formula is C8H15N3O2S. The van der Waals surface area contributed by atoms with Crippen molar-refractivity contribution in [2.24, 2.45) is 7.05 Å². The highest BCUT2D eigenvalue weighted by molar-refractivity contribution is 7.99. The second kappa shape index (κ2) is 6.00. The first-order chi connectivity index (χ1) is 6.74. The van der Waals surface area contributed by atoms with E-state index in [1.54, 1.807) is 6.33 Å². The van der Waals surface area contributed by atoms with Gasteiger partial charge in [-0.3, -0.25) is 0 Å². The minimum absolute atomic E-state index is 0.376. The lowest BCUT2D eigenvalue weighted by Crippen LogP contribution is -2.18. The molecule has 1 rings (SSSR count). The highest BCUT2D eigenvalue weighted by Crippen LogP contribution is 2.14. The van der Waals surface area contributed by atoms with Crippen LogP contribution in [0, 0.1) is 0 Å². The van der Waals surface area contributed by atoms with Gasteiger partial charge in [-0.25, -0.2) is 0 Å². The highest BCUT2D eigenvalue weighted by atomic mass is 32.2. The van der Waals surface area contributed by atoms with Crippen molar-refractivity contribution in [2.45, 2.75) is 18.2 Å². The molecule has 0 aliphatic rings. The minimum Gasteiger partial charge on any atom is -0.390 e. The fraction of sp³-hybridized carbons (Fsp3) is 0.750. The van der Waals surface area contributed by atoms with Gasteiger partial charge in [0.1, 0.15) is 6.33 Å². The Bertz CT molecular complexity index is 267. The normalized spacial score (nSPS) is 13.1. The number of thioether (sulfide) groups is 1. The lowest BCUT2D eigenvalue weighted by atomic mass is 10.4. The Kier molecular flexibility index (Phi) is 4.92. The van der Waals surface area contributed by atoms with Crippen LogP contribution in [0.5, 0.6) is 0 Å². The Morgan fingerprint density at radius 1 is 1.71 bits per heavy atom. The second-order valence-electron chi connectivity index (χ2n) is 2.85. The molecule has 14 heavy (non-hydrogen) atoms. The molecule has 1 aromatic heterocycles. The third kappa shape index (κ3) is 3.65. The summed E-state index contributed by atoms with van der Waals surface area (Å²) in [6.45, 7) is 2.91. The summed E-state index contributed by atoms with van der Waals surface area (Å²) in [5, 5.41) is 17.9. The summed E-state index contributed by atoms with van der Waals surface area (Å²) >= 11 is 1.47. The topological polar surface area (TPSA) is 60.2 Å². The summed E-state index contributed by atoms with van der Waals surface area (Å²) < 4.78 is 6.91. The molecule has 0 radical (unpaired) electrons. The summed E-state index contributed by atoms with van der Waals surface area (Å²) in [6.07, 6.45) is 1.19. The zero-order valence-electron chi connectivity index (χ0n) is 8.38. The predicted molar refractivity (Wildman–Crippen MR) is 54.2 cm³/mol. The van der Waals surface area contributed by atoms with Crippen molar-refractivity contribution in [3.05, 3.63) is 6.33 Å². The number of ether oxygens (including phenoxy) is 1. The maximum Gasteiger partial charge on any atom is 0.190 e. The van der Waals surface area contributed by atoms with E-state index < -0.39 is 6.10 Å². The summed E-state index contributed by atoms with van der Waals surface area (Å²) in [4.78, 5) is 0. The Morgan fingerprint density at radius 3 is 3.07 bits per heavy atom. The Hall–Kier alpha value is -0.590. The fourth-order valence-electron chi connectivity index (χ4n) is 0.876. The number of aryl methyl sites for hydroxylation is 1. The van der Waals surface area contributed by atoms with E-state index in [1.165, 1.54) is 11.8 Å². The lowest BCUT2D eigenvalue weighted by molar-refractivity contribution is 0.0551. The third-order valence-electron chi connectivity index (χ3n) is 1.59. The van der Waals surface area contributed by atoms with Gasteiger partial charge in [0.15, 0.2) is 5.16 Å². The van der Waals surface area contributed by atoms with Gasteiger partial charge in [0.25, 0.3) is 0 Å². The number of aliphatic hydroxyl groups is 1. The van der Waals surface area contributed by atoms with Gasteiger partial charge in [0.2, 0.25) is 0 Å². The van der Waals surface area contributed by atoms with Gasteiger partial charge in [-0.2, -0.15) is 0 Å². The molecular weight excluding hydrogens is 202 g/mol. The maximum absolute atomic E-state index is 9.47. The van der Waals surface area contributed by atoms with Crippen molar-refractivity contribution in [1.29, 1.82) is 0 Å². The molecule has 1 unspecified atom stereocenters. The SMILES string of the molecule is CCOCC(O)CSc1nncn1C. The van der Waals surface area contributed by atoms with Gasteiger partial charge < -0.3 is 14.4 Å². The molecule has 0 aromatic carbocycles. The second-order valence-corrected chi connectivity index (χ2v) is 3.84. The van der Waals surface area contributed by atoms with E-state index in [2.05, 4.69) is 10.2 Å². The number of nitrogens with zero attached hydrogens (tertiary/aromatic N) is 3. The number of aromatic nitrogens is 3. The van der Waals surface area contributed by atoms with Crippen molar-refractivity contribution in [2.75, 3.05) is 19.0 Å². The molecule has 1 N–H and O–H groups in total. The summed E-state index contributed by atoms with van der Waals surface area (Å²) in [5.41, 5.74) is 0. The summed E-state index contributed by atoms with van der Waals surface area (Å²) in [5.74, 6) is 0.576. The van der Waals surface area contributed by atoms with Crippen LogP contribution in [0.4, 0.5) is 0 Å². The van der Waals surface area contributed by atoms with E-state index >= 15 is 0 Å². The third-order valence-corrected chi connectivity index (χ3v) is 2.77. The smallest absolute Gasteiger partial charge is 0.190 e. The van der Waals surface area contributed by atoms with Crippen molar-refractivity contribution in [1.82, 2.24) is 14.8 Å². The molecule has 0 aliphatic heterocycles. The molecule has 0 saturated carbocycles. The van der Waals surface area contributed by atoms with E-state index in [4.69, 9.17) is 4.74 Å². The molecule has 0 amide bonds. The van der Waals surface area contributed by atoms with Gasteiger partial charge in [0, 0.05) is 19.4 Å². The maximum atomic E-state index is 9.47. The Labute approximate surface area is 87.5 Å². The summed E-state index contributed by atoms with van der Waals surface area (Å²) in [7, 11) is 1.87. The van der Waals surface area contributed by atoms with E-state index in [1.807, 2.05) is 18.5 Å². The fourth-order valence-corrected chi connectivity index (χ4v) is 1.67. The number of hydrogen-bond acceptors (Lipinski definition) is 5. The van der Waals surface area contributed by atoms with Crippen LogP contribution in [0.3, 0.4) is 0 Å². The number of hydrogen-bond donors (Lipinski definition) is 1. The Balaban J connectivity index is 2.23. The Morgan fingerprint density at radius 2 is 2.50 bits per heavy atom. The predicted octanol–water partition coefficient (Wildman–Crippen LogP) is 0.305. The number of aliphatic hydroxyl groups excluding tert-OH is 1. The molecule has 1 atom stereocenters. The summed E-state index contributed by atoms with van der Waals surface area (Å²) in [6, 6.07) is 0. The molecule has 0 fully saturated rings. The highest BCUT2D eigenvalue weighted by Gasteiger charge is 2.07. The van der Waals surface area contributed by atoms with Crippen LogP contribution in [-0.2, 0) is 11.8 Å². The quantitative estimate of drug-likeness (QED) is 0.695. The molecule has 5 nitrogen and oxygen atoms in total. The largest absolute Gasteiger partial charge is 0.390 e. The molecule has 0 aliphatic carbocycles. The monoisotopic (exact) mass is 217 g/mol. The van der Waals surface area contributed by atoms with Crippen molar-refractivity contribution in [3.63, 3.8) is 0 Å². The minimum atomic E-state index is -0.448. The molecule has 0 saturated heterocycles. The van der Waals surface area contributed by atoms with Crippen molar-refractivity contribution < 1.29 is 9.84 Å². The molecule has 80 valence electrons. The van der Waals surface area contributed by atoms with Crippen LogP contribution in [0.15, 0.2) is 11.5 Å². The molecule has 1 heterocycles. The molecule has 0 bridgehead atoms. The van der Waals surface area contributed by atoms with Crippen LogP contribution >= 0.6 is 11.8 Å². The van der Waals surface area contributed by atoms with E-state index in [9.17, 15) is 5.11 Å². The van der Waals surface area contributed by atoms with Gasteiger partial charge in [-0.15, -0.1) is 10.2 Å². The van der Waals surface area contributed by atoms with Crippen molar-refractivity contribution in [3.8, 4) is 0 Å². The number of rotatable bonds is 6. The zero-order chi connectivity index (χ0) is 10.4. The van der Waals surface area contributed by atoms with Crippen LogP contribution in [-0.4, -0.2) is 44.9 Å². The average Bonchev–Trinajstić information content (AvgIpc) is 2.58. The van der Waals surface area contributed by atoms with Crippen LogP contribution < -0.4 is 0 Å². The van der Waals surface area contributed by atoms with Gasteiger partial charge >= 0.3 is 0 Å². The molecule has 0 spiro atoms. The van der Waals surface area contributed by atoms with Crippen molar-refractivity contribution >= 4 is 11.8 Å².